The average Bonchev–Trinajstić information content (AvgIpc) is 2.86. The van der Waals surface area contributed by atoms with Crippen LogP contribution in [0, 0.1) is 11.8 Å². The number of aliphatic hydroxyl groups is 3. The number of fused-ring (bicyclic) bond motifs is 3. The highest BCUT2D eigenvalue weighted by Gasteiger charge is 2.63. The molecule has 1 heterocycles. The number of Topliss-reactive ketones (excluding diaryl/α,β-unsaturated/α-hetero) is 3. The van der Waals surface area contributed by atoms with Crippen molar-refractivity contribution in [3.63, 3.8) is 0 Å². The summed E-state index contributed by atoms with van der Waals surface area (Å²) in [4.78, 5) is 56.1. The highest BCUT2D eigenvalue weighted by molar-refractivity contribution is 6.25. The van der Waals surface area contributed by atoms with Gasteiger partial charge in [-0.3, -0.25) is 29.0 Å². The molecule has 11 heteroatoms. The van der Waals surface area contributed by atoms with Crippen LogP contribution in [-0.2, 0) is 16.0 Å². The van der Waals surface area contributed by atoms with Crippen molar-refractivity contribution in [1.29, 1.82) is 0 Å². The molecule has 1 aromatic rings. The van der Waals surface area contributed by atoms with Gasteiger partial charge in [0, 0.05) is 17.1 Å². The van der Waals surface area contributed by atoms with E-state index in [1.807, 2.05) is 0 Å². The first-order valence-corrected chi connectivity index (χ1v) is 13.1. The predicted octanol–water partition coefficient (Wildman–Crippen LogP) is 0.789. The van der Waals surface area contributed by atoms with Gasteiger partial charge in [-0.25, -0.2) is 0 Å². The number of phenolic OH excluding ortho intramolecular Hbond substituents is 1. The number of amides is 1. The number of ketones is 3. The van der Waals surface area contributed by atoms with Crippen molar-refractivity contribution in [3.8, 4) is 5.75 Å². The summed E-state index contributed by atoms with van der Waals surface area (Å²) in [5, 5.41) is 44.5. The molecule has 6 N–H and O–H groups in total. The van der Waals surface area contributed by atoms with Gasteiger partial charge in [-0.05, 0) is 76.5 Å². The number of likely N-dealkylation sites (tertiary alicyclic amines) is 1. The molecule has 1 fully saturated rings. The van der Waals surface area contributed by atoms with Crippen molar-refractivity contribution in [1.82, 2.24) is 9.80 Å². The number of carbonyl (C=O) groups excluding carboxylic acids is 4. The molecule has 1 saturated heterocycles. The molecular weight excluding hydrogens is 506 g/mol. The number of likely N-dealkylation sites (N-methyl/N-ethyl adjacent to an activating group) is 1. The second kappa shape index (κ2) is 9.58. The Balaban J connectivity index is 1.62. The number of rotatable bonds is 5. The fourth-order valence-corrected chi connectivity index (χ4v) is 6.92. The maximum absolute atomic E-state index is 13.8. The number of piperidine rings is 1. The SMILES string of the molecule is CN(C)[C@@H]1C(O)=C(C(N)=O)C(=O)[C@@]2(O)C(O)=C3C(=O)c4c(O)ccc(C(=O)CN5CCCCC5)c4C[C@H]3C[C@@H]12. The maximum atomic E-state index is 13.8. The van der Waals surface area contributed by atoms with E-state index in [-0.39, 0.29) is 42.1 Å². The third-order valence-corrected chi connectivity index (χ3v) is 8.72. The summed E-state index contributed by atoms with van der Waals surface area (Å²) in [5.74, 6) is -7.31. The lowest BCUT2D eigenvalue weighted by Crippen LogP contribution is -2.63. The first-order valence-electron chi connectivity index (χ1n) is 13.1. The lowest BCUT2D eigenvalue weighted by atomic mass is 9.58. The van der Waals surface area contributed by atoms with Gasteiger partial charge in [0.25, 0.3) is 5.91 Å². The van der Waals surface area contributed by atoms with Crippen LogP contribution >= 0.6 is 0 Å². The number of allylic oxidation sites excluding steroid dienone is 1. The Kier molecular flexibility index (Phi) is 6.64. The standard InChI is InChI=1S/C28H33N3O8/c1-30(2)22-16-11-13-10-15-14(18(33)12-31-8-4-3-5-9-31)6-7-17(32)20(15)23(34)19(13)25(36)28(16,39)26(37)21(24(22)35)27(29)38/h6-7,13,16,22,32,35-36,39H,3-5,8-12H2,1-2H3,(H2,29,38)/t13-,16-,22-,28-/m0/s1. The van der Waals surface area contributed by atoms with Crippen molar-refractivity contribution < 1.29 is 39.6 Å². The van der Waals surface area contributed by atoms with Crippen LogP contribution in [0.3, 0.4) is 0 Å². The lowest BCUT2D eigenvalue weighted by molar-refractivity contribution is -0.148. The molecule has 1 aromatic carbocycles. The van der Waals surface area contributed by atoms with E-state index in [9.17, 15) is 39.6 Å². The van der Waals surface area contributed by atoms with Gasteiger partial charge in [0.2, 0.25) is 5.78 Å². The Bertz CT molecular complexity index is 1360. The van der Waals surface area contributed by atoms with Gasteiger partial charge >= 0.3 is 0 Å². The molecule has 0 saturated carbocycles. The summed E-state index contributed by atoms with van der Waals surface area (Å²) in [6.07, 6.45) is 3.18. The molecule has 0 aromatic heterocycles. The Hall–Kier alpha value is -3.54. The molecule has 3 aliphatic carbocycles. The minimum Gasteiger partial charge on any atom is -0.510 e. The Morgan fingerprint density at radius 1 is 1.10 bits per heavy atom. The van der Waals surface area contributed by atoms with Crippen LogP contribution in [-0.4, -0.2) is 98.9 Å². The van der Waals surface area contributed by atoms with E-state index in [0.717, 1.165) is 32.4 Å². The summed E-state index contributed by atoms with van der Waals surface area (Å²) >= 11 is 0. The Morgan fingerprint density at radius 2 is 1.77 bits per heavy atom. The van der Waals surface area contributed by atoms with Crippen molar-refractivity contribution in [3.05, 3.63) is 51.5 Å². The monoisotopic (exact) mass is 539 g/mol. The number of nitrogens with zero attached hydrogens (tertiary/aromatic N) is 2. The number of hydrogen-bond donors (Lipinski definition) is 5. The molecule has 11 nitrogen and oxygen atoms in total. The smallest absolute Gasteiger partial charge is 0.255 e. The topological polar surface area (TPSA) is 182 Å². The summed E-state index contributed by atoms with van der Waals surface area (Å²) in [7, 11) is 3.14. The molecule has 1 aliphatic heterocycles. The number of nitrogens with two attached hydrogens (primary N) is 1. The van der Waals surface area contributed by atoms with Gasteiger partial charge in [-0.15, -0.1) is 0 Å². The van der Waals surface area contributed by atoms with Gasteiger partial charge < -0.3 is 26.2 Å². The highest BCUT2D eigenvalue weighted by Crippen LogP contribution is 2.52. The largest absolute Gasteiger partial charge is 0.510 e. The van der Waals surface area contributed by atoms with E-state index in [1.54, 1.807) is 14.1 Å². The second-order valence-corrected chi connectivity index (χ2v) is 11.2. The molecule has 4 aliphatic rings. The average molecular weight is 540 g/mol. The molecule has 0 radical (unpaired) electrons. The maximum Gasteiger partial charge on any atom is 0.255 e. The van der Waals surface area contributed by atoms with Gasteiger partial charge in [-0.1, -0.05) is 6.42 Å². The van der Waals surface area contributed by atoms with Gasteiger partial charge in [-0.2, -0.15) is 0 Å². The van der Waals surface area contributed by atoms with Crippen molar-refractivity contribution in [2.75, 3.05) is 33.7 Å². The zero-order valence-corrected chi connectivity index (χ0v) is 21.9. The van der Waals surface area contributed by atoms with Crippen molar-refractivity contribution in [2.24, 2.45) is 17.6 Å². The van der Waals surface area contributed by atoms with Crippen LogP contribution in [0.5, 0.6) is 5.75 Å². The van der Waals surface area contributed by atoms with Crippen LogP contribution in [0.2, 0.25) is 0 Å². The number of aliphatic hydroxyl groups excluding tert-OH is 2. The van der Waals surface area contributed by atoms with Crippen LogP contribution < -0.4 is 5.73 Å². The van der Waals surface area contributed by atoms with E-state index >= 15 is 0 Å². The molecule has 1 amide bonds. The lowest BCUT2D eigenvalue weighted by Gasteiger charge is -2.50. The van der Waals surface area contributed by atoms with Crippen molar-refractivity contribution in [2.45, 2.75) is 43.7 Å². The van der Waals surface area contributed by atoms with E-state index in [1.165, 1.54) is 17.0 Å². The van der Waals surface area contributed by atoms with E-state index in [2.05, 4.69) is 4.90 Å². The van der Waals surface area contributed by atoms with Gasteiger partial charge in [0.05, 0.1) is 18.2 Å². The zero-order valence-electron chi connectivity index (χ0n) is 21.9. The molecular formula is C28H33N3O8. The molecule has 39 heavy (non-hydrogen) atoms. The predicted molar refractivity (Wildman–Crippen MR) is 138 cm³/mol. The summed E-state index contributed by atoms with van der Waals surface area (Å²) in [6, 6.07) is 1.69. The number of phenols is 1. The second-order valence-electron chi connectivity index (χ2n) is 11.2. The fraction of sp³-hybridized carbons (Fsp3) is 0.500. The van der Waals surface area contributed by atoms with E-state index < -0.39 is 58.0 Å². The number of primary amides is 1. The first kappa shape index (κ1) is 27.0. The molecule has 4 atom stereocenters. The summed E-state index contributed by atoms with van der Waals surface area (Å²) in [6.45, 7) is 1.79. The number of benzene rings is 1. The zero-order chi connectivity index (χ0) is 28.4. The third kappa shape index (κ3) is 3.98. The minimum absolute atomic E-state index is 0.0266. The summed E-state index contributed by atoms with van der Waals surface area (Å²) in [5.41, 5.74) is 2.08. The van der Waals surface area contributed by atoms with Gasteiger partial charge in [0.15, 0.2) is 17.2 Å². The quantitative estimate of drug-likeness (QED) is 0.265. The number of carbonyl (C=O) groups is 4. The normalized spacial score (nSPS) is 29.3. The van der Waals surface area contributed by atoms with Gasteiger partial charge in [0.1, 0.15) is 22.8 Å². The summed E-state index contributed by atoms with van der Waals surface area (Å²) < 4.78 is 0. The molecule has 5 rings (SSSR count). The Morgan fingerprint density at radius 3 is 2.38 bits per heavy atom. The van der Waals surface area contributed by atoms with Crippen LogP contribution in [0.15, 0.2) is 34.8 Å². The number of aromatic hydroxyl groups is 1. The number of hydrogen-bond acceptors (Lipinski definition) is 10. The molecule has 0 bridgehead atoms. The van der Waals surface area contributed by atoms with Crippen molar-refractivity contribution >= 4 is 23.3 Å². The Labute approximate surface area is 225 Å². The highest BCUT2D eigenvalue weighted by atomic mass is 16.3. The minimum atomic E-state index is -2.69. The fourth-order valence-electron chi connectivity index (χ4n) is 6.92. The first-order chi connectivity index (χ1) is 18.4. The van der Waals surface area contributed by atoms with E-state index in [0.29, 0.717) is 11.1 Å². The molecule has 0 unspecified atom stereocenters. The third-order valence-electron chi connectivity index (χ3n) is 8.72. The van der Waals surface area contributed by atoms with E-state index in [4.69, 9.17) is 5.73 Å². The van der Waals surface area contributed by atoms with Crippen LogP contribution in [0.1, 0.15) is 52.0 Å². The molecule has 208 valence electrons. The van der Waals surface area contributed by atoms with Crippen LogP contribution in [0.4, 0.5) is 0 Å². The van der Waals surface area contributed by atoms with Crippen LogP contribution in [0.25, 0.3) is 0 Å². The molecule has 0 spiro atoms.